The molecule has 5 heteroatoms. The number of hydrogen-bond donors (Lipinski definition) is 0. The van der Waals surface area contributed by atoms with Gasteiger partial charge in [-0.15, -0.1) is 22.7 Å². The van der Waals surface area contributed by atoms with Crippen LogP contribution in [-0.4, -0.2) is 4.98 Å². The topological polar surface area (TPSA) is 29.3 Å². The minimum absolute atomic E-state index is 0.623. The molecule has 8 aromatic carbocycles. The first-order valence-electron chi connectivity index (χ1n) is 18.0. The van der Waals surface area contributed by atoms with Crippen LogP contribution in [0.3, 0.4) is 0 Å². The minimum atomic E-state index is 0.623. The molecule has 0 aliphatic rings. The van der Waals surface area contributed by atoms with E-state index >= 15 is 0 Å². The summed E-state index contributed by atoms with van der Waals surface area (Å²) in [6.45, 7) is 0. The number of nitrogens with zero attached hydrogens (tertiary/aromatic N) is 2. The maximum Gasteiger partial charge on any atom is 0.227 e. The van der Waals surface area contributed by atoms with Gasteiger partial charge in [0.1, 0.15) is 5.52 Å². The van der Waals surface area contributed by atoms with E-state index in [2.05, 4.69) is 169 Å². The van der Waals surface area contributed by atoms with E-state index in [0.717, 1.165) is 43.8 Å². The molecule has 11 rings (SSSR count). The lowest BCUT2D eigenvalue weighted by atomic mass is 9.99. The predicted molar refractivity (Wildman–Crippen MR) is 231 cm³/mol. The predicted octanol–water partition coefficient (Wildman–Crippen LogP) is 15.0. The first-order chi connectivity index (χ1) is 26.8. The smallest absolute Gasteiger partial charge is 0.227 e. The summed E-state index contributed by atoms with van der Waals surface area (Å²) in [4.78, 5) is 7.50. The highest BCUT2D eigenvalue weighted by Crippen LogP contribution is 2.49. The first kappa shape index (κ1) is 31.0. The van der Waals surface area contributed by atoms with E-state index in [1.165, 1.54) is 52.5 Å². The van der Waals surface area contributed by atoms with Crippen LogP contribution in [0.2, 0.25) is 0 Å². The number of hydrogen-bond acceptors (Lipinski definition) is 5. The Hall–Kier alpha value is -6.53. The summed E-state index contributed by atoms with van der Waals surface area (Å²) in [5, 5.41) is 4.89. The van der Waals surface area contributed by atoms with Gasteiger partial charge in [0.25, 0.3) is 0 Å². The summed E-state index contributed by atoms with van der Waals surface area (Å²) in [5.41, 5.74) is 10.6. The second-order valence-corrected chi connectivity index (χ2v) is 15.6. The number of benzene rings is 8. The molecule has 11 aromatic rings. The lowest BCUT2D eigenvalue weighted by molar-refractivity contribution is 0.623. The Morgan fingerprint density at radius 3 is 1.70 bits per heavy atom. The Bertz CT molecular complexity index is 3140. The molecule has 254 valence electrons. The largest absolute Gasteiger partial charge is 0.435 e. The minimum Gasteiger partial charge on any atom is -0.435 e. The number of anilines is 3. The van der Waals surface area contributed by atoms with E-state index in [-0.39, 0.29) is 0 Å². The monoisotopic (exact) mass is 726 g/mol. The molecule has 0 N–H and O–H groups in total. The summed E-state index contributed by atoms with van der Waals surface area (Å²) in [6.07, 6.45) is 0. The Labute approximate surface area is 319 Å². The first-order valence-corrected chi connectivity index (χ1v) is 19.7. The molecule has 3 heterocycles. The van der Waals surface area contributed by atoms with Gasteiger partial charge in [0.2, 0.25) is 5.89 Å². The number of aromatic nitrogens is 1. The third-order valence-corrected chi connectivity index (χ3v) is 12.6. The summed E-state index contributed by atoms with van der Waals surface area (Å²) in [7, 11) is 0. The van der Waals surface area contributed by atoms with Gasteiger partial charge in [0.05, 0.1) is 10.4 Å². The zero-order valence-electron chi connectivity index (χ0n) is 28.9. The van der Waals surface area contributed by atoms with Gasteiger partial charge in [-0.05, 0) is 82.9 Å². The zero-order valence-corrected chi connectivity index (χ0v) is 30.6. The molecule has 0 amide bonds. The van der Waals surface area contributed by atoms with Gasteiger partial charge in [0, 0.05) is 52.6 Å². The van der Waals surface area contributed by atoms with Crippen molar-refractivity contribution >= 4 is 91.2 Å². The molecule has 0 radical (unpaired) electrons. The Morgan fingerprint density at radius 1 is 0.444 bits per heavy atom. The van der Waals surface area contributed by atoms with Crippen LogP contribution < -0.4 is 4.90 Å². The second kappa shape index (κ2) is 12.6. The van der Waals surface area contributed by atoms with Gasteiger partial charge in [-0.2, -0.15) is 0 Å². The number of oxazole rings is 1. The van der Waals surface area contributed by atoms with E-state index in [9.17, 15) is 0 Å². The van der Waals surface area contributed by atoms with Gasteiger partial charge >= 0.3 is 0 Å². The van der Waals surface area contributed by atoms with E-state index < -0.39 is 0 Å². The fraction of sp³-hybridized carbons (Fsp3) is 0. The van der Waals surface area contributed by atoms with Crippen molar-refractivity contribution in [3.8, 4) is 33.7 Å². The van der Waals surface area contributed by atoms with Crippen molar-refractivity contribution in [2.24, 2.45) is 0 Å². The van der Waals surface area contributed by atoms with Crippen molar-refractivity contribution in [1.29, 1.82) is 0 Å². The van der Waals surface area contributed by atoms with Crippen LogP contribution in [0.1, 0.15) is 0 Å². The number of fused-ring (bicyclic) bond motifs is 8. The highest BCUT2D eigenvalue weighted by Gasteiger charge is 2.24. The number of rotatable bonds is 6. The van der Waals surface area contributed by atoms with E-state index in [4.69, 9.17) is 9.40 Å². The Morgan fingerprint density at radius 2 is 1.00 bits per heavy atom. The van der Waals surface area contributed by atoms with Crippen LogP contribution >= 0.6 is 22.7 Å². The van der Waals surface area contributed by atoms with Gasteiger partial charge in [0.15, 0.2) is 5.58 Å². The van der Waals surface area contributed by atoms with Gasteiger partial charge < -0.3 is 9.32 Å². The molecule has 0 fully saturated rings. The molecule has 0 aliphatic carbocycles. The zero-order chi connectivity index (χ0) is 35.6. The van der Waals surface area contributed by atoms with Crippen molar-refractivity contribution < 1.29 is 4.42 Å². The highest BCUT2D eigenvalue weighted by molar-refractivity contribution is 7.26. The normalized spacial score (nSPS) is 11.7. The van der Waals surface area contributed by atoms with E-state index in [1.807, 2.05) is 29.5 Å². The van der Waals surface area contributed by atoms with Crippen molar-refractivity contribution in [2.45, 2.75) is 0 Å². The lowest BCUT2D eigenvalue weighted by Crippen LogP contribution is -2.10. The maximum atomic E-state index is 6.65. The molecule has 54 heavy (non-hydrogen) atoms. The van der Waals surface area contributed by atoms with Crippen LogP contribution in [0.5, 0.6) is 0 Å². The van der Waals surface area contributed by atoms with Crippen molar-refractivity contribution in [2.75, 3.05) is 4.90 Å². The quantitative estimate of drug-likeness (QED) is 0.171. The molecular weight excluding hydrogens is 697 g/mol. The SMILES string of the molecule is c1ccc(-c2ccc(N(c3ccc(-c4cccc5sc6ccccc6c45)cc3)c3cc4nc(-c5ccccc5)oc4c4c3sc3ccccc34)cc2)cc1. The van der Waals surface area contributed by atoms with Crippen LogP contribution in [0.15, 0.2) is 186 Å². The molecule has 0 bridgehead atoms. The standard InChI is InChI=1S/C49H30N2OS2/c1-3-12-31(13-4-1)32-22-26-35(27-23-32)51(36-28-24-33(25-29-36)37-18-11-21-44-45(37)38-16-7-9-19-42(38)53-44)41-30-40-47(52-49(50-40)34-14-5-2-6-15-34)46-39-17-8-10-20-43(39)54-48(41)46/h1-30H. The van der Waals surface area contributed by atoms with Gasteiger partial charge in [-0.25, -0.2) is 4.98 Å². The molecular formula is C49H30N2OS2. The van der Waals surface area contributed by atoms with Crippen molar-refractivity contribution in [3.05, 3.63) is 182 Å². The van der Waals surface area contributed by atoms with E-state index in [0.29, 0.717) is 5.89 Å². The lowest BCUT2D eigenvalue weighted by Gasteiger charge is -2.26. The fourth-order valence-electron chi connectivity index (χ4n) is 7.79. The summed E-state index contributed by atoms with van der Waals surface area (Å²) in [6, 6.07) is 64.9. The average Bonchev–Trinajstić information content (AvgIpc) is 3.96. The fourth-order valence-corrected chi connectivity index (χ4v) is 10.1. The molecule has 0 saturated heterocycles. The molecule has 0 aliphatic heterocycles. The van der Waals surface area contributed by atoms with Crippen LogP contribution in [-0.2, 0) is 0 Å². The molecule has 0 unspecified atom stereocenters. The van der Waals surface area contributed by atoms with Crippen LogP contribution in [0.4, 0.5) is 17.1 Å². The Kier molecular flexibility index (Phi) is 7.22. The average molecular weight is 727 g/mol. The van der Waals surface area contributed by atoms with E-state index in [1.54, 1.807) is 11.3 Å². The van der Waals surface area contributed by atoms with Crippen LogP contribution in [0, 0.1) is 0 Å². The number of thiophene rings is 2. The van der Waals surface area contributed by atoms with Crippen molar-refractivity contribution in [3.63, 3.8) is 0 Å². The summed E-state index contributed by atoms with van der Waals surface area (Å²) < 4.78 is 11.6. The summed E-state index contributed by atoms with van der Waals surface area (Å²) >= 11 is 3.66. The Balaban J connectivity index is 1.13. The molecule has 0 saturated carbocycles. The molecule has 0 atom stereocenters. The molecule has 3 aromatic heterocycles. The maximum absolute atomic E-state index is 6.65. The summed E-state index contributed by atoms with van der Waals surface area (Å²) in [5.74, 6) is 0.623. The molecule has 0 spiro atoms. The van der Waals surface area contributed by atoms with Crippen molar-refractivity contribution in [1.82, 2.24) is 4.98 Å². The van der Waals surface area contributed by atoms with Crippen LogP contribution in [0.25, 0.3) is 85.2 Å². The highest BCUT2D eigenvalue weighted by atomic mass is 32.1. The third-order valence-electron chi connectivity index (χ3n) is 10.3. The second-order valence-electron chi connectivity index (χ2n) is 13.5. The van der Waals surface area contributed by atoms with Gasteiger partial charge in [-0.3, -0.25) is 0 Å². The molecule has 3 nitrogen and oxygen atoms in total. The third kappa shape index (κ3) is 5.05. The van der Waals surface area contributed by atoms with Gasteiger partial charge in [-0.1, -0.05) is 121 Å².